The Bertz CT molecular complexity index is 665. The number of thioether (sulfide) groups is 1. The van der Waals surface area contributed by atoms with Gasteiger partial charge in [-0.25, -0.2) is 0 Å². The molecule has 1 heterocycles. The molecule has 1 aliphatic carbocycles. The van der Waals surface area contributed by atoms with Crippen molar-refractivity contribution in [2.45, 2.75) is 37.8 Å². The van der Waals surface area contributed by atoms with E-state index in [4.69, 9.17) is 4.42 Å². The molecule has 1 amide bonds. The third kappa shape index (κ3) is 3.64. The van der Waals surface area contributed by atoms with E-state index in [1.165, 1.54) is 11.8 Å². The predicted octanol–water partition coefficient (Wildman–Crippen LogP) is 3.29. The van der Waals surface area contributed by atoms with Crippen LogP contribution in [-0.2, 0) is 4.79 Å². The Labute approximate surface area is 127 Å². The van der Waals surface area contributed by atoms with Crippen LogP contribution in [0.4, 0.5) is 5.69 Å². The van der Waals surface area contributed by atoms with Crippen LogP contribution in [0, 0.1) is 13.8 Å². The van der Waals surface area contributed by atoms with Crippen molar-refractivity contribution in [1.29, 1.82) is 0 Å². The molecule has 1 fully saturated rings. The van der Waals surface area contributed by atoms with Crippen LogP contribution < -0.4 is 5.32 Å². The lowest BCUT2D eigenvalue weighted by molar-refractivity contribution is -0.113. The highest BCUT2D eigenvalue weighted by Crippen LogP contribution is 2.39. The van der Waals surface area contributed by atoms with Crippen LogP contribution in [0.15, 0.2) is 27.8 Å². The molecule has 0 saturated heterocycles. The summed E-state index contributed by atoms with van der Waals surface area (Å²) in [4.78, 5) is 12.0. The van der Waals surface area contributed by atoms with Gasteiger partial charge in [-0.2, -0.15) is 0 Å². The van der Waals surface area contributed by atoms with Crippen molar-refractivity contribution in [3.05, 3.63) is 35.2 Å². The minimum absolute atomic E-state index is 0.0696. The third-order valence-electron chi connectivity index (χ3n) is 3.34. The molecule has 5 nitrogen and oxygen atoms in total. The Kier molecular flexibility index (Phi) is 3.96. The summed E-state index contributed by atoms with van der Waals surface area (Å²) >= 11 is 1.27. The number of aryl methyl sites for hydroxylation is 2. The molecule has 21 heavy (non-hydrogen) atoms. The van der Waals surface area contributed by atoms with Crippen LogP contribution in [0.25, 0.3) is 0 Å². The van der Waals surface area contributed by atoms with Crippen molar-refractivity contribution >= 4 is 23.4 Å². The van der Waals surface area contributed by atoms with Crippen LogP contribution in [-0.4, -0.2) is 21.9 Å². The summed E-state index contributed by atoms with van der Waals surface area (Å²) in [7, 11) is 0. The maximum atomic E-state index is 12.0. The fourth-order valence-electron chi connectivity index (χ4n) is 1.96. The number of nitrogens with zero attached hydrogens (tertiary/aromatic N) is 2. The first kappa shape index (κ1) is 14.1. The van der Waals surface area contributed by atoms with Crippen molar-refractivity contribution in [1.82, 2.24) is 10.2 Å². The second kappa shape index (κ2) is 5.89. The molecule has 0 unspecified atom stereocenters. The van der Waals surface area contributed by atoms with E-state index in [1.807, 2.05) is 32.0 Å². The average molecular weight is 303 g/mol. The highest BCUT2D eigenvalue weighted by atomic mass is 32.2. The fourth-order valence-corrected chi connectivity index (χ4v) is 2.53. The lowest BCUT2D eigenvalue weighted by atomic mass is 10.1. The molecule has 110 valence electrons. The summed E-state index contributed by atoms with van der Waals surface area (Å²) in [6.07, 6.45) is 2.25. The topological polar surface area (TPSA) is 68.0 Å². The van der Waals surface area contributed by atoms with Gasteiger partial charge in [-0.3, -0.25) is 4.79 Å². The quantitative estimate of drug-likeness (QED) is 0.858. The molecular formula is C15H17N3O2S. The average Bonchev–Trinajstić information content (AvgIpc) is 3.20. The number of aromatic nitrogens is 2. The number of benzene rings is 1. The van der Waals surface area contributed by atoms with Crippen molar-refractivity contribution in [2.24, 2.45) is 0 Å². The van der Waals surface area contributed by atoms with E-state index in [0.717, 1.165) is 29.7 Å². The van der Waals surface area contributed by atoms with Crippen molar-refractivity contribution in [3.8, 4) is 0 Å². The van der Waals surface area contributed by atoms with E-state index >= 15 is 0 Å². The van der Waals surface area contributed by atoms with Gasteiger partial charge in [-0.1, -0.05) is 23.9 Å². The molecule has 1 N–H and O–H groups in total. The van der Waals surface area contributed by atoms with Gasteiger partial charge in [-0.15, -0.1) is 10.2 Å². The molecule has 1 aliphatic rings. The van der Waals surface area contributed by atoms with Gasteiger partial charge >= 0.3 is 0 Å². The second-order valence-electron chi connectivity index (χ2n) is 5.34. The number of hydrogen-bond donors (Lipinski definition) is 1. The number of rotatable bonds is 5. The molecule has 3 rings (SSSR count). The lowest BCUT2D eigenvalue weighted by Crippen LogP contribution is -2.14. The van der Waals surface area contributed by atoms with Gasteiger partial charge in [0, 0.05) is 11.6 Å². The van der Waals surface area contributed by atoms with Gasteiger partial charge in [0.1, 0.15) is 0 Å². The zero-order chi connectivity index (χ0) is 14.8. The summed E-state index contributed by atoms with van der Waals surface area (Å²) < 4.78 is 5.51. The number of nitrogens with one attached hydrogen (secondary N) is 1. The Morgan fingerprint density at radius 1 is 1.38 bits per heavy atom. The molecule has 2 aromatic rings. The highest BCUT2D eigenvalue weighted by Gasteiger charge is 2.29. The minimum atomic E-state index is -0.0696. The Hall–Kier alpha value is -1.82. The van der Waals surface area contributed by atoms with Crippen molar-refractivity contribution in [2.75, 3.05) is 11.1 Å². The molecule has 0 spiro atoms. The Balaban J connectivity index is 1.54. The maximum Gasteiger partial charge on any atom is 0.277 e. The first-order chi connectivity index (χ1) is 10.1. The van der Waals surface area contributed by atoms with Crippen molar-refractivity contribution < 1.29 is 9.21 Å². The molecule has 1 saturated carbocycles. The summed E-state index contributed by atoms with van der Waals surface area (Å²) in [5, 5.41) is 11.3. The number of carbonyl (C=O) groups is 1. The van der Waals surface area contributed by atoms with E-state index in [0.29, 0.717) is 17.0 Å². The predicted molar refractivity (Wildman–Crippen MR) is 81.5 cm³/mol. The van der Waals surface area contributed by atoms with E-state index in [1.54, 1.807) is 0 Å². The molecule has 1 aromatic heterocycles. The second-order valence-corrected chi connectivity index (χ2v) is 6.26. The van der Waals surface area contributed by atoms with Crippen LogP contribution in [0.1, 0.15) is 35.8 Å². The summed E-state index contributed by atoms with van der Waals surface area (Å²) in [5.41, 5.74) is 3.02. The van der Waals surface area contributed by atoms with Crippen LogP contribution in [0.2, 0.25) is 0 Å². The van der Waals surface area contributed by atoms with Gasteiger partial charge in [0.25, 0.3) is 5.22 Å². The monoisotopic (exact) mass is 303 g/mol. The zero-order valence-electron chi connectivity index (χ0n) is 12.0. The Morgan fingerprint density at radius 2 is 2.19 bits per heavy atom. The summed E-state index contributed by atoms with van der Waals surface area (Å²) in [5.74, 6) is 1.34. The number of hydrogen-bond acceptors (Lipinski definition) is 5. The molecule has 0 radical (unpaired) electrons. The number of anilines is 1. The molecular weight excluding hydrogens is 286 g/mol. The molecule has 0 aliphatic heterocycles. The van der Waals surface area contributed by atoms with E-state index < -0.39 is 0 Å². The number of amides is 1. The number of carbonyl (C=O) groups excluding carboxylic acids is 1. The Morgan fingerprint density at radius 3 is 2.95 bits per heavy atom. The van der Waals surface area contributed by atoms with E-state index in [2.05, 4.69) is 15.5 Å². The fraction of sp³-hybridized carbons (Fsp3) is 0.400. The highest BCUT2D eigenvalue weighted by molar-refractivity contribution is 7.99. The smallest absolute Gasteiger partial charge is 0.277 e. The summed E-state index contributed by atoms with van der Waals surface area (Å²) in [6, 6.07) is 5.99. The van der Waals surface area contributed by atoms with Gasteiger partial charge in [0.05, 0.1) is 5.75 Å². The lowest BCUT2D eigenvalue weighted by Gasteiger charge is -2.08. The van der Waals surface area contributed by atoms with Crippen LogP contribution in [0.5, 0.6) is 0 Å². The van der Waals surface area contributed by atoms with E-state index in [9.17, 15) is 4.79 Å². The SMILES string of the molecule is Cc1ccc(C)c(NC(=O)CSc2nnc(C3CC3)o2)c1. The first-order valence-corrected chi connectivity index (χ1v) is 7.93. The van der Waals surface area contributed by atoms with Gasteiger partial charge in [-0.05, 0) is 43.9 Å². The molecule has 0 atom stereocenters. The van der Waals surface area contributed by atoms with Gasteiger partial charge in [0.2, 0.25) is 11.8 Å². The molecule has 6 heteroatoms. The third-order valence-corrected chi connectivity index (χ3v) is 4.16. The van der Waals surface area contributed by atoms with Gasteiger partial charge < -0.3 is 9.73 Å². The minimum Gasteiger partial charge on any atom is -0.416 e. The van der Waals surface area contributed by atoms with Crippen LogP contribution in [0.3, 0.4) is 0 Å². The van der Waals surface area contributed by atoms with Crippen molar-refractivity contribution in [3.63, 3.8) is 0 Å². The standard InChI is InChI=1S/C15H17N3O2S/c1-9-3-4-10(2)12(7-9)16-13(19)8-21-15-18-17-14(20-15)11-5-6-11/h3-4,7,11H,5-6,8H2,1-2H3,(H,16,19). The molecule has 1 aromatic carbocycles. The van der Waals surface area contributed by atoms with E-state index in [-0.39, 0.29) is 11.7 Å². The largest absolute Gasteiger partial charge is 0.416 e. The molecule has 0 bridgehead atoms. The normalized spacial score (nSPS) is 14.2. The first-order valence-electron chi connectivity index (χ1n) is 6.95. The van der Waals surface area contributed by atoms with Gasteiger partial charge in [0.15, 0.2) is 0 Å². The summed E-state index contributed by atoms with van der Waals surface area (Å²) in [6.45, 7) is 3.98. The van der Waals surface area contributed by atoms with Crippen LogP contribution >= 0.6 is 11.8 Å². The zero-order valence-corrected chi connectivity index (χ0v) is 12.9. The maximum absolute atomic E-state index is 12.0.